The molecular formula is C15H14N2OS2. The number of hydrogen-bond donors (Lipinski definition) is 1. The minimum Gasteiger partial charge on any atom is -0.398 e. The third-order valence-electron chi connectivity index (χ3n) is 3.16. The van der Waals surface area contributed by atoms with Crippen LogP contribution in [-0.4, -0.2) is 9.19 Å². The summed E-state index contributed by atoms with van der Waals surface area (Å²) in [6, 6.07) is 13.5. The van der Waals surface area contributed by atoms with E-state index in [2.05, 4.69) is 4.98 Å². The first-order chi connectivity index (χ1) is 9.65. The lowest BCUT2D eigenvalue weighted by atomic mass is 10.2. The van der Waals surface area contributed by atoms with E-state index in [0.29, 0.717) is 11.4 Å². The van der Waals surface area contributed by atoms with Crippen LogP contribution in [0.25, 0.3) is 10.2 Å². The number of aromatic nitrogens is 1. The van der Waals surface area contributed by atoms with E-state index in [1.54, 1.807) is 11.3 Å². The fourth-order valence-electron chi connectivity index (χ4n) is 2.05. The van der Waals surface area contributed by atoms with Gasteiger partial charge in [-0.2, -0.15) is 0 Å². The summed E-state index contributed by atoms with van der Waals surface area (Å²) < 4.78 is 13.6. The van der Waals surface area contributed by atoms with Gasteiger partial charge in [-0.1, -0.05) is 18.2 Å². The first-order valence-corrected chi connectivity index (χ1v) is 8.36. The summed E-state index contributed by atoms with van der Waals surface area (Å²) in [4.78, 5) is 5.32. The molecule has 1 atom stereocenters. The fraction of sp³-hybridized carbons (Fsp3) is 0.133. The van der Waals surface area contributed by atoms with Crippen molar-refractivity contribution in [2.75, 3.05) is 5.73 Å². The van der Waals surface area contributed by atoms with E-state index in [1.807, 2.05) is 49.4 Å². The van der Waals surface area contributed by atoms with Gasteiger partial charge in [-0.25, -0.2) is 4.98 Å². The number of hydrogen-bond acceptors (Lipinski definition) is 4. The second kappa shape index (κ2) is 5.34. The van der Waals surface area contributed by atoms with Crippen LogP contribution in [-0.2, 0) is 16.6 Å². The zero-order valence-electron chi connectivity index (χ0n) is 11.0. The van der Waals surface area contributed by atoms with Crippen molar-refractivity contribution in [1.29, 1.82) is 0 Å². The molecule has 3 nitrogen and oxygen atoms in total. The van der Waals surface area contributed by atoms with Gasteiger partial charge in [-0.05, 0) is 36.8 Å². The minimum absolute atomic E-state index is 0.434. The van der Waals surface area contributed by atoms with Gasteiger partial charge in [0.1, 0.15) is 5.01 Å². The molecule has 0 radical (unpaired) electrons. The Morgan fingerprint density at radius 3 is 2.80 bits per heavy atom. The molecule has 0 amide bonds. The molecule has 5 heteroatoms. The van der Waals surface area contributed by atoms with Crippen molar-refractivity contribution in [1.82, 2.24) is 4.98 Å². The molecule has 0 bridgehead atoms. The normalized spacial score (nSPS) is 12.7. The largest absolute Gasteiger partial charge is 0.398 e. The Kier molecular flexibility index (Phi) is 3.54. The highest BCUT2D eigenvalue weighted by Crippen LogP contribution is 2.26. The van der Waals surface area contributed by atoms with Gasteiger partial charge in [0.05, 0.1) is 26.8 Å². The number of fused-ring (bicyclic) bond motifs is 1. The molecular weight excluding hydrogens is 288 g/mol. The maximum absolute atomic E-state index is 12.5. The van der Waals surface area contributed by atoms with Crippen molar-refractivity contribution in [2.24, 2.45) is 0 Å². The van der Waals surface area contributed by atoms with Gasteiger partial charge in [0.2, 0.25) is 0 Å². The third kappa shape index (κ3) is 2.46. The standard InChI is InChI=1S/C15H14N2OS2/c1-10-11(16)5-4-8-14(10)20(18)9-15-17-12-6-2-3-7-13(12)19-15/h2-8H,9,16H2,1H3. The Morgan fingerprint density at radius 1 is 1.20 bits per heavy atom. The highest BCUT2D eigenvalue weighted by molar-refractivity contribution is 7.84. The van der Waals surface area contributed by atoms with Gasteiger partial charge in [0, 0.05) is 10.6 Å². The molecule has 1 unspecified atom stereocenters. The monoisotopic (exact) mass is 302 g/mol. The molecule has 0 aliphatic carbocycles. The molecule has 102 valence electrons. The molecule has 0 aliphatic heterocycles. The Balaban J connectivity index is 1.90. The number of nitrogens with two attached hydrogens (primary N) is 1. The number of nitrogen functional groups attached to an aromatic ring is 1. The van der Waals surface area contributed by atoms with Crippen molar-refractivity contribution in [3.05, 3.63) is 53.0 Å². The van der Waals surface area contributed by atoms with E-state index in [1.165, 1.54) is 0 Å². The van der Waals surface area contributed by atoms with Gasteiger partial charge < -0.3 is 5.73 Å². The fourth-order valence-corrected chi connectivity index (χ4v) is 4.50. The third-order valence-corrected chi connectivity index (χ3v) is 5.85. The van der Waals surface area contributed by atoms with Crippen LogP contribution in [0, 0.1) is 6.92 Å². The lowest BCUT2D eigenvalue weighted by Crippen LogP contribution is -2.01. The van der Waals surface area contributed by atoms with Crippen LogP contribution in [0.5, 0.6) is 0 Å². The average molecular weight is 302 g/mol. The molecule has 0 saturated carbocycles. The average Bonchev–Trinajstić information content (AvgIpc) is 2.83. The van der Waals surface area contributed by atoms with Crippen LogP contribution in [0.1, 0.15) is 10.6 Å². The highest BCUT2D eigenvalue weighted by atomic mass is 32.2. The molecule has 0 spiro atoms. The summed E-state index contributed by atoms with van der Waals surface area (Å²) in [5.74, 6) is 0.434. The zero-order valence-corrected chi connectivity index (χ0v) is 12.6. The molecule has 1 aromatic heterocycles. The van der Waals surface area contributed by atoms with E-state index in [9.17, 15) is 4.21 Å². The summed E-state index contributed by atoms with van der Waals surface area (Å²) in [7, 11) is -1.12. The van der Waals surface area contributed by atoms with Crippen molar-refractivity contribution >= 4 is 38.0 Å². The van der Waals surface area contributed by atoms with Crippen LogP contribution in [0.3, 0.4) is 0 Å². The molecule has 3 rings (SSSR count). The van der Waals surface area contributed by atoms with Crippen molar-refractivity contribution in [2.45, 2.75) is 17.6 Å². The number of benzene rings is 2. The second-order valence-electron chi connectivity index (χ2n) is 4.54. The highest BCUT2D eigenvalue weighted by Gasteiger charge is 2.12. The molecule has 1 heterocycles. The van der Waals surface area contributed by atoms with Crippen LogP contribution in [0.15, 0.2) is 47.4 Å². The number of nitrogens with zero attached hydrogens (tertiary/aromatic N) is 1. The Morgan fingerprint density at radius 2 is 2.00 bits per heavy atom. The van der Waals surface area contributed by atoms with Gasteiger partial charge >= 0.3 is 0 Å². The SMILES string of the molecule is Cc1c(N)cccc1S(=O)Cc1nc2ccccc2s1. The maximum atomic E-state index is 12.5. The van der Waals surface area contributed by atoms with Gasteiger partial charge in [0.15, 0.2) is 0 Å². The smallest absolute Gasteiger partial charge is 0.107 e. The van der Waals surface area contributed by atoms with E-state index < -0.39 is 10.8 Å². The lowest BCUT2D eigenvalue weighted by molar-refractivity contribution is 0.682. The van der Waals surface area contributed by atoms with Crippen LogP contribution in [0.2, 0.25) is 0 Å². The van der Waals surface area contributed by atoms with E-state index >= 15 is 0 Å². The van der Waals surface area contributed by atoms with Gasteiger partial charge in [-0.15, -0.1) is 11.3 Å². The van der Waals surface area contributed by atoms with E-state index in [-0.39, 0.29) is 0 Å². The summed E-state index contributed by atoms with van der Waals surface area (Å²) in [6.07, 6.45) is 0. The van der Waals surface area contributed by atoms with Gasteiger partial charge in [0.25, 0.3) is 0 Å². The minimum atomic E-state index is -1.12. The van der Waals surface area contributed by atoms with Crippen LogP contribution < -0.4 is 5.73 Å². The van der Waals surface area contributed by atoms with Crippen LogP contribution in [0.4, 0.5) is 5.69 Å². The number of anilines is 1. The van der Waals surface area contributed by atoms with E-state index in [4.69, 9.17) is 5.73 Å². The predicted octanol–water partition coefficient (Wildman–Crippen LogP) is 3.49. The maximum Gasteiger partial charge on any atom is 0.107 e. The van der Waals surface area contributed by atoms with Crippen molar-refractivity contribution < 1.29 is 4.21 Å². The molecule has 0 aliphatic rings. The Hall–Kier alpha value is -1.72. The molecule has 20 heavy (non-hydrogen) atoms. The lowest BCUT2D eigenvalue weighted by Gasteiger charge is -2.06. The molecule has 2 aromatic carbocycles. The zero-order chi connectivity index (χ0) is 14.1. The predicted molar refractivity (Wildman–Crippen MR) is 85.3 cm³/mol. The first-order valence-electron chi connectivity index (χ1n) is 6.23. The molecule has 0 saturated heterocycles. The summed E-state index contributed by atoms with van der Waals surface area (Å²) in [5.41, 5.74) is 8.41. The Labute approximate surface area is 123 Å². The number of thiazole rings is 1. The number of para-hydroxylation sites is 1. The van der Waals surface area contributed by atoms with Crippen molar-refractivity contribution in [3.63, 3.8) is 0 Å². The summed E-state index contributed by atoms with van der Waals surface area (Å²) in [5, 5.41) is 0.895. The number of rotatable bonds is 3. The van der Waals surface area contributed by atoms with Crippen LogP contribution >= 0.6 is 11.3 Å². The Bertz CT molecular complexity index is 762. The molecule has 0 fully saturated rings. The quantitative estimate of drug-likeness (QED) is 0.753. The second-order valence-corrected chi connectivity index (χ2v) is 7.07. The van der Waals surface area contributed by atoms with E-state index in [0.717, 1.165) is 25.7 Å². The molecule has 3 aromatic rings. The molecule has 2 N–H and O–H groups in total. The summed E-state index contributed by atoms with van der Waals surface area (Å²) >= 11 is 1.59. The first kappa shape index (κ1) is 13.3. The topological polar surface area (TPSA) is 56.0 Å². The summed E-state index contributed by atoms with van der Waals surface area (Å²) in [6.45, 7) is 1.90. The van der Waals surface area contributed by atoms with Gasteiger partial charge in [-0.3, -0.25) is 4.21 Å². The van der Waals surface area contributed by atoms with Crippen molar-refractivity contribution in [3.8, 4) is 0 Å².